The van der Waals surface area contributed by atoms with Crippen LogP contribution in [0.2, 0.25) is 0 Å². The van der Waals surface area contributed by atoms with Crippen molar-refractivity contribution in [3.05, 3.63) is 23.8 Å². The van der Waals surface area contributed by atoms with E-state index in [9.17, 15) is 9.90 Å². The Morgan fingerprint density at radius 2 is 2.05 bits per heavy atom. The topological polar surface area (TPSA) is 59.0 Å². The summed E-state index contributed by atoms with van der Waals surface area (Å²) in [4.78, 5) is 13.2. The highest BCUT2D eigenvalue weighted by Crippen LogP contribution is 2.27. The van der Waals surface area contributed by atoms with Gasteiger partial charge in [0.15, 0.2) is 11.5 Å². The molecule has 1 N–H and O–H groups in total. The van der Waals surface area contributed by atoms with Crippen molar-refractivity contribution in [2.45, 2.75) is 18.9 Å². The molecule has 1 fully saturated rings. The number of likely N-dealkylation sites (tertiary alicyclic amines) is 1. The minimum absolute atomic E-state index is 0.0213. The number of nitrogens with zero attached hydrogens (tertiary/aromatic N) is 1. The summed E-state index contributed by atoms with van der Waals surface area (Å²) in [5.41, 5.74) is 1.08. The Morgan fingerprint density at radius 3 is 2.63 bits per heavy atom. The molecule has 1 amide bonds. The van der Waals surface area contributed by atoms with Gasteiger partial charge in [0.1, 0.15) is 0 Å². The highest BCUT2D eigenvalue weighted by Gasteiger charge is 2.27. The Hall–Kier alpha value is -1.75. The van der Waals surface area contributed by atoms with Crippen molar-refractivity contribution in [2.75, 3.05) is 27.3 Å². The molecule has 1 aliphatic rings. The number of carbonyl (C=O) groups excluding carboxylic acids is 1. The standard InChI is InChI=1S/C14H19NO4/c1-18-12-4-3-10(7-13(12)19-2)5-6-15-9-11(16)8-14(15)17/h3-4,7,11,16H,5-6,8-9H2,1-2H3. The first-order valence-electron chi connectivity index (χ1n) is 6.30. The van der Waals surface area contributed by atoms with Crippen molar-refractivity contribution in [3.8, 4) is 11.5 Å². The van der Waals surface area contributed by atoms with Gasteiger partial charge in [0, 0.05) is 13.1 Å². The number of benzene rings is 1. The van der Waals surface area contributed by atoms with Gasteiger partial charge in [-0.2, -0.15) is 0 Å². The third kappa shape index (κ3) is 3.17. The van der Waals surface area contributed by atoms with Crippen molar-refractivity contribution in [1.82, 2.24) is 4.90 Å². The van der Waals surface area contributed by atoms with E-state index in [2.05, 4.69) is 0 Å². The van der Waals surface area contributed by atoms with E-state index in [0.717, 1.165) is 12.0 Å². The summed E-state index contributed by atoms with van der Waals surface area (Å²) >= 11 is 0. The van der Waals surface area contributed by atoms with Gasteiger partial charge in [-0.3, -0.25) is 4.79 Å². The van der Waals surface area contributed by atoms with Crippen LogP contribution in [0.3, 0.4) is 0 Å². The van der Waals surface area contributed by atoms with E-state index in [1.54, 1.807) is 19.1 Å². The predicted octanol–water partition coefficient (Wildman–Crippen LogP) is 0.839. The van der Waals surface area contributed by atoms with Crippen molar-refractivity contribution in [1.29, 1.82) is 0 Å². The number of aliphatic hydroxyl groups is 1. The zero-order valence-corrected chi connectivity index (χ0v) is 11.3. The second-order valence-corrected chi connectivity index (χ2v) is 4.64. The van der Waals surface area contributed by atoms with E-state index in [1.165, 1.54) is 0 Å². The lowest BCUT2D eigenvalue weighted by Crippen LogP contribution is -2.28. The zero-order valence-electron chi connectivity index (χ0n) is 11.3. The number of amides is 1. The maximum Gasteiger partial charge on any atom is 0.225 e. The molecule has 1 aromatic rings. The van der Waals surface area contributed by atoms with E-state index in [1.807, 2.05) is 18.2 Å². The van der Waals surface area contributed by atoms with E-state index in [-0.39, 0.29) is 12.3 Å². The molecule has 0 spiro atoms. The first kappa shape index (κ1) is 13.7. The van der Waals surface area contributed by atoms with Gasteiger partial charge in [0.2, 0.25) is 5.91 Å². The summed E-state index contributed by atoms with van der Waals surface area (Å²) in [6.45, 7) is 1.05. The van der Waals surface area contributed by atoms with Crippen LogP contribution in [0, 0.1) is 0 Å². The number of hydrogen-bond acceptors (Lipinski definition) is 4. The lowest BCUT2D eigenvalue weighted by atomic mass is 10.1. The Bertz CT molecular complexity index is 461. The molecule has 5 nitrogen and oxygen atoms in total. The molecule has 0 bridgehead atoms. The Morgan fingerprint density at radius 1 is 1.32 bits per heavy atom. The van der Waals surface area contributed by atoms with Gasteiger partial charge in [0.05, 0.1) is 26.7 Å². The Kier molecular flexibility index (Phi) is 4.27. The number of β-amino-alcohol motifs (C(OH)–C–C–N with tert-alkyl or cyclic N) is 1. The molecule has 2 rings (SSSR count). The molecule has 1 saturated heterocycles. The van der Waals surface area contributed by atoms with Crippen molar-refractivity contribution in [2.24, 2.45) is 0 Å². The van der Waals surface area contributed by atoms with Crippen molar-refractivity contribution in [3.63, 3.8) is 0 Å². The van der Waals surface area contributed by atoms with E-state index < -0.39 is 6.10 Å². The van der Waals surface area contributed by atoms with Gasteiger partial charge < -0.3 is 19.5 Å². The van der Waals surface area contributed by atoms with Crippen LogP contribution >= 0.6 is 0 Å². The Labute approximate surface area is 112 Å². The molecule has 0 saturated carbocycles. The van der Waals surface area contributed by atoms with Crippen LogP contribution in [0.4, 0.5) is 0 Å². The number of ether oxygens (including phenoxy) is 2. The average molecular weight is 265 g/mol. The molecule has 1 unspecified atom stereocenters. The molecule has 1 heterocycles. The second-order valence-electron chi connectivity index (χ2n) is 4.64. The zero-order chi connectivity index (χ0) is 13.8. The quantitative estimate of drug-likeness (QED) is 0.857. The van der Waals surface area contributed by atoms with Crippen LogP contribution in [0.25, 0.3) is 0 Å². The number of carbonyl (C=O) groups is 1. The smallest absolute Gasteiger partial charge is 0.225 e. The molecule has 0 radical (unpaired) electrons. The maximum absolute atomic E-state index is 11.6. The third-order valence-electron chi connectivity index (χ3n) is 3.31. The first-order valence-corrected chi connectivity index (χ1v) is 6.30. The number of rotatable bonds is 5. The summed E-state index contributed by atoms with van der Waals surface area (Å²) in [6, 6.07) is 5.73. The largest absolute Gasteiger partial charge is 0.493 e. The van der Waals surface area contributed by atoms with E-state index in [0.29, 0.717) is 24.6 Å². The lowest BCUT2D eigenvalue weighted by molar-refractivity contribution is -0.127. The van der Waals surface area contributed by atoms with Gasteiger partial charge in [0.25, 0.3) is 0 Å². The van der Waals surface area contributed by atoms with Gasteiger partial charge in [-0.25, -0.2) is 0 Å². The van der Waals surface area contributed by atoms with Crippen LogP contribution < -0.4 is 9.47 Å². The van der Waals surface area contributed by atoms with Crippen molar-refractivity contribution >= 4 is 5.91 Å². The molecule has 1 aliphatic heterocycles. The normalized spacial score (nSPS) is 18.8. The molecule has 19 heavy (non-hydrogen) atoms. The van der Waals surface area contributed by atoms with Crippen LogP contribution in [0.15, 0.2) is 18.2 Å². The minimum atomic E-state index is -0.516. The average Bonchev–Trinajstić information content (AvgIpc) is 2.74. The molecule has 104 valence electrons. The summed E-state index contributed by atoms with van der Waals surface area (Å²) in [5.74, 6) is 1.40. The fourth-order valence-corrected chi connectivity index (χ4v) is 2.27. The molecular weight excluding hydrogens is 246 g/mol. The summed E-state index contributed by atoms with van der Waals surface area (Å²) in [7, 11) is 3.20. The number of hydrogen-bond donors (Lipinski definition) is 1. The van der Waals surface area contributed by atoms with Crippen LogP contribution in [0.5, 0.6) is 11.5 Å². The predicted molar refractivity (Wildman–Crippen MR) is 70.5 cm³/mol. The maximum atomic E-state index is 11.6. The van der Waals surface area contributed by atoms with Gasteiger partial charge in [-0.15, -0.1) is 0 Å². The first-order chi connectivity index (χ1) is 9.13. The number of aliphatic hydroxyl groups excluding tert-OH is 1. The number of methoxy groups -OCH3 is 2. The third-order valence-corrected chi connectivity index (χ3v) is 3.31. The SMILES string of the molecule is COc1ccc(CCN2CC(O)CC2=O)cc1OC. The summed E-state index contributed by atoms with van der Waals surface area (Å²) in [5, 5.41) is 9.42. The van der Waals surface area contributed by atoms with Crippen LogP contribution in [-0.4, -0.2) is 49.3 Å². The van der Waals surface area contributed by atoms with Crippen LogP contribution in [0.1, 0.15) is 12.0 Å². The van der Waals surface area contributed by atoms with Gasteiger partial charge in [-0.1, -0.05) is 6.07 Å². The second kappa shape index (κ2) is 5.93. The van der Waals surface area contributed by atoms with E-state index in [4.69, 9.17) is 9.47 Å². The molecule has 1 atom stereocenters. The lowest BCUT2D eigenvalue weighted by Gasteiger charge is -2.16. The monoisotopic (exact) mass is 265 g/mol. The minimum Gasteiger partial charge on any atom is -0.493 e. The molecular formula is C14H19NO4. The van der Waals surface area contributed by atoms with Crippen LogP contribution in [-0.2, 0) is 11.2 Å². The highest BCUT2D eigenvalue weighted by atomic mass is 16.5. The molecule has 1 aromatic carbocycles. The van der Waals surface area contributed by atoms with E-state index >= 15 is 0 Å². The van der Waals surface area contributed by atoms with Gasteiger partial charge in [-0.05, 0) is 24.1 Å². The molecule has 0 aliphatic carbocycles. The highest BCUT2D eigenvalue weighted by molar-refractivity contribution is 5.79. The summed E-state index contributed by atoms with van der Waals surface area (Å²) in [6.07, 6.45) is 0.461. The fourth-order valence-electron chi connectivity index (χ4n) is 2.27. The van der Waals surface area contributed by atoms with Crippen molar-refractivity contribution < 1.29 is 19.4 Å². The molecule has 0 aromatic heterocycles. The van der Waals surface area contributed by atoms with Gasteiger partial charge >= 0.3 is 0 Å². The molecule has 5 heteroatoms. The Balaban J connectivity index is 1.98. The summed E-state index contributed by atoms with van der Waals surface area (Å²) < 4.78 is 10.4. The fraction of sp³-hybridized carbons (Fsp3) is 0.500.